The summed E-state index contributed by atoms with van der Waals surface area (Å²) in [4.78, 5) is 0. The predicted molar refractivity (Wildman–Crippen MR) is 40.1 cm³/mol. The minimum Gasteiger partial charge on any atom is -0.281 e. The smallest absolute Gasteiger partial charge is 0.281 e. The van der Waals surface area contributed by atoms with E-state index in [9.17, 15) is 8.42 Å². The van der Waals surface area contributed by atoms with Crippen molar-refractivity contribution < 1.29 is 8.42 Å². The first-order valence-corrected chi connectivity index (χ1v) is 4.34. The zero-order chi connectivity index (χ0) is 8.48. The van der Waals surface area contributed by atoms with Gasteiger partial charge >= 0.3 is 0 Å². The molecule has 6 nitrogen and oxygen atoms in total. The highest BCUT2D eigenvalue weighted by Crippen LogP contribution is 2.09. The summed E-state index contributed by atoms with van der Waals surface area (Å²) in [5.74, 6) is 0. The van der Waals surface area contributed by atoms with Crippen LogP contribution in [0.4, 0.5) is 5.69 Å². The first-order valence-electron chi connectivity index (χ1n) is 2.79. The van der Waals surface area contributed by atoms with Crippen LogP contribution in [0.15, 0.2) is 6.20 Å². The van der Waals surface area contributed by atoms with Gasteiger partial charge in [0, 0.05) is 0 Å². The van der Waals surface area contributed by atoms with E-state index in [0.29, 0.717) is 11.4 Å². The zero-order valence-corrected chi connectivity index (χ0v) is 6.64. The largest absolute Gasteiger partial charge is 0.296 e. The van der Waals surface area contributed by atoms with Gasteiger partial charge in [-0.15, -0.1) is 0 Å². The number of H-pyrrole nitrogens is 1. The summed E-state index contributed by atoms with van der Waals surface area (Å²) in [5.41, 5.74) is 0.992. The van der Waals surface area contributed by atoms with E-state index in [1.807, 2.05) is 0 Å². The molecule has 1 aromatic rings. The second-order valence-electron chi connectivity index (χ2n) is 2.06. The SMILES string of the molecule is Cc1[nH]ncc1NS(N)(=O)=O. The molecule has 4 N–H and O–H groups in total. The molecule has 1 aromatic heterocycles. The number of rotatable bonds is 2. The van der Waals surface area contributed by atoms with Crippen LogP contribution in [0.1, 0.15) is 5.69 Å². The summed E-state index contributed by atoms with van der Waals surface area (Å²) in [6, 6.07) is 0. The number of hydrogen-bond donors (Lipinski definition) is 3. The maximum Gasteiger partial charge on any atom is 0.296 e. The Labute approximate surface area is 64.0 Å². The predicted octanol–water partition coefficient (Wildman–Crippen LogP) is -0.666. The van der Waals surface area contributed by atoms with Crippen molar-refractivity contribution in [2.45, 2.75) is 6.92 Å². The number of aryl methyl sites for hydroxylation is 1. The minimum atomic E-state index is -3.68. The number of nitrogens with zero attached hydrogens (tertiary/aromatic N) is 1. The molecular weight excluding hydrogens is 168 g/mol. The van der Waals surface area contributed by atoms with Crippen LogP contribution >= 0.6 is 0 Å². The van der Waals surface area contributed by atoms with Crippen LogP contribution in [0.25, 0.3) is 0 Å². The third-order valence-corrected chi connectivity index (χ3v) is 1.59. The fraction of sp³-hybridized carbons (Fsp3) is 0.250. The number of nitrogens with one attached hydrogen (secondary N) is 2. The van der Waals surface area contributed by atoms with Crippen molar-refractivity contribution >= 4 is 15.9 Å². The molecule has 0 amide bonds. The Morgan fingerprint density at radius 3 is 2.73 bits per heavy atom. The number of aromatic amines is 1. The molecule has 0 bridgehead atoms. The molecule has 0 aliphatic heterocycles. The molecule has 0 fully saturated rings. The Bertz CT molecular complexity index is 341. The van der Waals surface area contributed by atoms with Crippen LogP contribution in [0.2, 0.25) is 0 Å². The van der Waals surface area contributed by atoms with E-state index in [4.69, 9.17) is 5.14 Å². The van der Waals surface area contributed by atoms with Crippen molar-refractivity contribution in [3.05, 3.63) is 11.9 Å². The summed E-state index contributed by atoms with van der Waals surface area (Å²) in [6.07, 6.45) is 1.35. The highest BCUT2D eigenvalue weighted by molar-refractivity contribution is 7.90. The summed E-state index contributed by atoms with van der Waals surface area (Å²) in [5, 5.41) is 10.9. The van der Waals surface area contributed by atoms with Gasteiger partial charge in [0.25, 0.3) is 10.2 Å². The lowest BCUT2D eigenvalue weighted by Gasteiger charge is -1.98. The molecule has 0 aromatic carbocycles. The second-order valence-corrected chi connectivity index (χ2v) is 3.35. The van der Waals surface area contributed by atoms with Crippen LogP contribution in [-0.2, 0) is 10.2 Å². The molecule has 0 aliphatic carbocycles. The molecule has 0 radical (unpaired) electrons. The Kier molecular flexibility index (Phi) is 1.83. The fourth-order valence-corrected chi connectivity index (χ4v) is 1.12. The lowest BCUT2D eigenvalue weighted by molar-refractivity contribution is 0.603. The van der Waals surface area contributed by atoms with E-state index in [-0.39, 0.29) is 0 Å². The van der Waals surface area contributed by atoms with Gasteiger partial charge in [0.2, 0.25) is 0 Å². The Hall–Kier alpha value is -1.08. The Morgan fingerprint density at radius 2 is 2.36 bits per heavy atom. The van der Waals surface area contributed by atoms with E-state index in [1.54, 1.807) is 6.92 Å². The van der Waals surface area contributed by atoms with Gasteiger partial charge in [-0.3, -0.25) is 9.82 Å². The van der Waals surface area contributed by atoms with Gasteiger partial charge < -0.3 is 0 Å². The van der Waals surface area contributed by atoms with Crippen LogP contribution in [0, 0.1) is 6.92 Å². The molecule has 11 heavy (non-hydrogen) atoms. The maximum absolute atomic E-state index is 10.5. The molecule has 1 rings (SSSR count). The van der Waals surface area contributed by atoms with Crippen LogP contribution in [-0.4, -0.2) is 18.6 Å². The molecule has 0 unspecified atom stereocenters. The van der Waals surface area contributed by atoms with Gasteiger partial charge in [0.1, 0.15) is 0 Å². The highest BCUT2D eigenvalue weighted by Gasteiger charge is 2.05. The summed E-state index contributed by atoms with van der Waals surface area (Å²) < 4.78 is 23.0. The van der Waals surface area contributed by atoms with Crippen molar-refractivity contribution in [2.75, 3.05) is 4.72 Å². The molecule has 7 heteroatoms. The van der Waals surface area contributed by atoms with Crippen LogP contribution in [0.3, 0.4) is 0 Å². The van der Waals surface area contributed by atoms with Crippen molar-refractivity contribution in [1.29, 1.82) is 0 Å². The number of anilines is 1. The van der Waals surface area contributed by atoms with Crippen molar-refractivity contribution in [3.63, 3.8) is 0 Å². The molecule has 0 saturated heterocycles. The molecule has 0 spiro atoms. The van der Waals surface area contributed by atoms with Gasteiger partial charge in [-0.1, -0.05) is 0 Å². The fourth-order valence-electron chi connectivity index (χ4n) is 0.607. The Balaban J connectivity index is 2.89. The van der Waals surface area contributed by atoms with Crippen LogP contribution in [0.5, 0.6) is 0 Å². The van der Waals surface area contributed by atoms with Gasteiger partial charge in [-0.05, 0) is 6.92 Å². The normalized spacial score (nSPS) is 11.5. The number of hydrogen-bond acceptors (Lipinski definition) is 3. The van der Waals surface area contributed by atoms with E-state index < -0.39 is 10.2 Å². The van der Waals surface area contributed by atoms with E-state index >= 15 is 0 Å². The Morgan fingerprint density at radius 1 is 1.73 bits per heavy atom. The standard InChI is InChI=1S/C4H8N4O2S/c1-3-4(2-6-7-3)8-11(5,9)10/h2,8H,1H3,(H,6,7)(H2,5,9,10). The third-order valence-electron chi connectivity index (χ3n) is 1.08. The minimum absolute atomic E-state index is 0.368. The first kappa shape index (κ1) is 8.02. The van der Waals surface area contributed by atoms with Crippen molar-refractivity contribution in [1.82, 2.24) is 10.2 Å². The number of nitrogens with two attached hydrogens (primary N) is 1. The average Bonchev–Trinajstić information content (AvgIpc) is 2.12. The lowest BCUT2D eigenvalue weighted by Crippen LogP contribution is -2.21. The zero-order valence-electron chi connectivity index (χ0n) is 5.83. The molecule has 0 aliphatic rings. The summed E-state index contributed by atoms with van der Waals surface area (Å²) in [6.45, 7) is 1.68. The topological polar surface area (TPSA) is 101 Å². The second kappa shape index (κ2) is 2.51. The van der Waals surface area contributed by atoms with E-state index in [1.165, 1.54) is 6.20 Å². The van der Waals surface area contributed by atoms with E-state index in [2.05, 4.69) is 14.9 Å². The van der Waals surface area contributed by atoms with Crippen LogP contribution < -0.4 is 9.86 Å². The lowest BCUT2D eigenvalue weighted by atomic mass is 10.4. The first-order chi connectivity index (χ1) is 4.99. The van der Waals surface area contributed by atoms with Gasteiger partial charge in [-0.25, -0.2) is 5.14 Å². The molecule has 62 valence electrons. The number of aromatic nitrogens is 2. The third kappa shape index (κ3) is 2.20. The molecule has 0 saturated carbocycles. The van der Waals surface area contributed by atoms with Gasteiger partial charge in [-0.2, -0.15) is 13.5 Å². The van der Waals surface area contributed by atoms with Crippen molar-refractivity contribution in [2.24, 2.45) is 5.14 Å². The molecule has 0 atom stereocenters. The van der Waals surface area contributed by atoms with Gasteiger partial charge in [0.05, 0.1) is 17.6 Å². The summed E-state index contributed by atoms with van der Waals surface area (Å²) in [7, 11) is -3.68. The summed E-state index contributed by atoms with van der Waals surface area (Å²) >= 11 is 0. The van der Waals surface area contributed by atoms with E-state index in [0.717, 1.165) is 0 Å². The molecular formula is C4H8N4O2S. The van der Waals surface area contributed by atoms with Gasteiger partial charge in [0.15, 0.2) is 0 Å². The average molecular weight is 176 g/mol. The quantitative estimate of drug-likeness (QED) is 0.557. The highest BCUT2D eigenvalue weighted by atomic mass is 32.2. The molecule has 1 heterocycles. The monoisotopic (exact) mass is 176 g/mol. The van der Waals surface area contributed by atoms with Crippen molar-refractivity contribution in [3.8, 4) is 0 Å². The maximum atomic E-state index is 10.5.